The molecule has 0 bridgehead atoms. The Morgan fingerprint density at radius 3 is 2.33 bits per heavy atom. The van der Waals surface area contributed by atoms with E-state index in [4.69, 9.17) is 0 Å². The number of aryl methyl sites for hydroxylation is 1. The van der Waals surface area contributed by atoms with Gasteiger partial charge < -0.3 is 9.84 Å². The number of unbranched alkanes of at least 4 members (excludes halogenated alkanes) is 1. The Kier molecular flexibility index (Phi) is 7.49. The summed E-state index contributed by atoms with van der Waals surface area (Å²) < 4.78 is 4.63. The van der Waals surface area contributed by atoms with E-state index in [9.17, 15) is 14.7 Å². The van der Waals surface area contributed by atoms with Gasteiger partial charge in [0.05, 0.1) is 18.4 Å². The smallest absolute Gasteiger partial charge is 0.337 e. The monoisotopic (exact) mass is 369 g/mol. The lowest BCUT2D eigenvalue weighted by atomic mass is 10.1. The van der Waals surface area contributed by atoms with Crippen LogP contribution in [0.5, 0.6) is 5.75 Å². The van der Waals surface area contributed by atoms with Gasteiger partial charge in [-0.15, -0.1) is 5.11 Å². The highest BCUT2D eigenvalue weighted by atomic mass is 16.5. The van der Waals surface area contributed by atoms with Crippen molar-refractivity contribution in [3.05, 3.63) is 59.7 Å². The number of hydrogen-bond donors (Lipinski definition) is 1. The molecule has 0 atom stereocenters. The first-order chi connectivity index (χ1) is 13.0. The number of amides is 1. The Morgan fingerprint density at radius 1 is 1.04 bits per heavy atom. The summed E-state index contributed by atoms with van der Waals surface area (Å²) in [6, 6.07) is 13.5. The zero-order valence-electron chi connectivity index (χ0n) is 15.5. The second-order valence-electron chi connectivity index (χ2n) is 6.02. The van der Waals surface area contributed by atoms with Gasteiger partial charge in [0.25, 0.3) is 0 Å². The first-order valence-corrected chi connectivity index (χ1v) is 8.64. The molecule has 0 saturated carbocycles. The molecular weight excluding hydrogens is 346 g/mol. The molecule has 2 aromatic rings. The van der Waals surface area contributed by atoms with Crippen molar-refractivity contribution in [1.29, 1.82) is 0 Å². The van der Waals surface area contributed by atoms with Crippen LogP contribution in [0, 0.1) is 0 Å². The van der Waals surface area contributed by atoms with Gasteiger partial charge in [-0.3, -0.25) is 4.79 Å². The Balaban J connectivity index is 1.75. The van der Waals surface area contributed by atoms with E-state index in [0.717, 1.165) is 24.8 Å². The van der Waals surface area contributed by atoms with Gasteiger partial charge in [0.2, 0.25) is 5.91 Å². The molecule has 0 unspecified atom stereocenters. The van der Waals surface area contributed by atoms with E-state index in [-0.39, 0.29) is 11.7 Å². The fourth-order valence-corrected chi connectivity index (χ4v) is 2.38. The van der Waals surface area contributed by atoms with Crippen molar-refractivity contribution in [3.63, 3.8) is 0 Å². The largest absolute Gasteiger partial charge is 0.508 e. The number of aromatic hydroxyl groups is 1. The molecule has 142 valence electrons. The Bertz CT molecular complexity index is 786. The molecule has 0 aromatic heterocycles. The van der Waals surface area contributed by atoms with Crippen molar-refractivity contribution >= 4 is 17.6 Å². The van der Waals surface area contributed by atoms with Crippen molar-refractivity contribution < 1.29 is 19.4 Å². The predicted molar refractivity (Wildman–Crippen MR) is 101 cm³/mol. The highest BCUT2D eigenvalue weighted by Gasteiger charge is 2.08. The van der Waals surface area contributed by atoms with Gasteiger partial charge in [-0.2, -0.15) is 0 Å². The van der Waals surface area contributed by atoms with Crippen molar-refractivity contribution in [2.75, 3.05) is 14.2 Å². The van der Waals surface area contributed by atoms with Crippen molar-refractivity contribution in [3.8, 4) is 5.75 Å². The number of hydrogen-bond acceptors (Lipinski definition) is 6. The van der Waals surface area contributed by atoms with Crippen LogP contribution in [0.15, 0.2) is 58.9 Å². The van der Waals surface area contributed by atoms with Gasteiger partial charge in [0, 0.05) is 13.5 Å². The van der Waals surface area contributed by atoms with Crippen molar-refractivity contribution in [1.82, 2.24) is 5.01 Å². The molecule has 7 nitrogen and oxygen atoms in total. The van der Waals surface area contributed by atoms with E-state index in [2.05, 4.69) is 15.1 Å². The van der Waals surface area contributed by atoms with Crippen LogP contribution in [0.4, 0.5) is 5.69 Å². The first kappa shape index (κ1) is 20.1. The SMILES string of the molecule is COC(=O)c1ccc(N=NN(C)C(=O)CCCCc2ccc(O)cc2)cc1. The third-order valence-corrected chi connectivity index (χ3v) is 3.99. The van der Waals surface area contributed by atoms with Crippen LogP contribution >= 0.6 is 0 Å². The quantitative estimate of drug-likeness (QED) is 0.329. The summed E-state index contributed by atoms with van der Waals surface area (Å²) in [5.41, 5.74) is 2.09. The van der Waals surface area contributed by atoms with Crippen LogP contribution in [0.3, 0.4) is 0 Å². The number of rotatable bonds is 8. The highest BCUT2D eigenvalue weighted by Crippen LogP contribution is 2.15. The Hall–Kier alpha value is -3.22. The zero-order chi connectivity index (χ0) is 19.6. The number of methoxy groups -OCH3 is 1. The summed E-state index contributed by atoms with van der Waals surface area (Å²) in [7, 11) is 2.88. The number of esters is 1. The molecule has 0 aliphatic rings. The van der Waals surface area contributed by atoms with Crippen LogP contribution in [-0.4, -0.2) is 36.1 Å². The second kappa shape index (κ2) is 10.1. The number of carbonyl (C=O) groups is 2. The van der Waals surface area contributed by atoms with Crippen LogP contribution in [0.2, 0.25) is 0 Å². The summed E-state index contributed by atoms with van der Waals surface area (Å²) in [6.45, 7) is 0. The van der Waals surface area contributed by atoms with Crippen LogP contribution < -0.4 is 0 Å². The molecule has 2 aromatic carbocycles. The lowest BCUT2D eigenvalue weighted by molar-refractivity contribution is -0.130. The second-order valence-corrected chi connectivity index (χ2v) is 6.02. The van der Waals surface area contributed by atoms with Crippen molar-refractivity contribution in [2.24, 2.45) is 10.3 Å². The average Bonchev–Trinajstić information content (AvgIpc) is 2.70. The van der Waals surface area contributed by atoms with E-state index < -0.39 is 5.97 Å². The van der Waals surface area contributed by atoms with Gasteiger partial charge >= 0.3 is 5.97 Å². The van der Waals surface area contributed by atoms with Crippen LogP contribution in [0.25, 0.3) is 0 Å². The van der Waals surface area contributed by atoms with Crippen molar-refractivity contribution in [2.45, 2.75) is 25.7 Å². The summed E-state index contributed by atoms with van der Waals surface area (Å²) in [5, 5.41) is 18.4. The van der Waals surface area contributed by atoms with Gasteiger partial charge in [0.1, 0.15) is 5.75 Å². The molecule has 0 fully saturated rings. The fourth-order valence-electron chi connectivity index (χ4n) is 2.38. The number of ether oxygens (including phenoxy) is 1. The number of benzene rings is 2. The molecule has 2 rings (SSSR count). The minimum Gasteiger partial charge on any atom is -0.508 e. The van der Waals surface area contributed by atoms with E-state index in [1.165, 1.54) is 12.1 Å². The van der Waals surface area contributed by atoms with Gasteiger partial charge in [-0.05, 0) is 61.2 Å². The summed E-state index contributed by atoms with van der Waals surface area (Å²) in [5.74, 6) is -0.283. The van der Waals surface area contributed by atoms with E-state index >= 15 is 0 Å². The topological polar surface area (TPSA) is 91.6 Å². The van der Waals surface area contributed by atoms with Crippen LogP contribution in [0.1, 0.15) is 35.2 Å². The van der Waals surface area contributed by atoms with E-state index in [1.807, 2.05) is 12.1 Å². The van der Waals surface area contributed by atoms with E-state index in [0.29, 0.717) is 17.7 Å². The standard InChI is InChI=1S/C20H23N3O4/c1-23(22-21-17-11-9-16(10-12-17)20(26)27-2)19(25)6-4-3-5-15-7-13-18(24)14-8-15/h7-14,24H,3-6H2,1-2H3. The third kappa shape index (κ3) is 6.54. The number of carbonyl (C=O) groups excluding carboxylic acids is 2. The van der Waals surface area contributed by atoms with Gasteiger partial charge in [-0.25, -0.2) is 9.80 Å². The molecule has 0 spiro atoms. The molecular formula is C20H23N3O4. The summed E-state index contributed by atoms with van der Waals surface area (Å²) in [4.78, 5) is 23.5. The van der Waals surface area contributed by atoms with Crippen LogP contribution in [-0.2, 0) is 16.0 Å². The molecule has 0 aliphatic carbocycles. The third-order valence-electron chi connectivity index (χ3n) is 3.99. The lowest BCUT2D eigenvalue weighted by Gasteiger charge is -2.09. The Labute approximate surface area is 158 Å². The summed E-state index contributed by atoms with van der Waals surface area (Å²) >= 11 is 0. The minimum absolute atomic E-state index is 0.115. The molecule has 7 heteroatoms. The maximum atomic E-state index is 12.1. The number of phenols is 1. The fraction of sp³-hybridized carbons (Fsp3) is 0.300. The average molecular weight is 369 g/mol. The minimum atomic E-state index is -0.418. The molecule has 1 amide bonds. The maximum absolute atomic E-state index is 12.1. The van der Waals surface area contributed by atoms with Gasteiger partial charge in [-0.1, -0.05) is 17.4 Å². The molecule has 27 heavy (non-hydrogen) atoms. The lowest BCUT2D eigenvalue weighted by Crippen LogP contribution is -2.20. The maximum Gasteiger partial charge on any atom is 0.337 e. The Morgan fingerprint density at radius 2 is 1.70 bits per heavy atom. The molecule has 0 aliphatic heterocycles. The van der Waals surface area contributed by atoms with Gasteiger partial charge in [0.15, 0.2) is 0 Å². The highest BCUT2D eigenvalue weighted by molar-refractivity contribution is 5.89. The molecule has 0 heterocycles. The number of nitrogens with zero attached hydrogens (tertiary/aromatic N) is 3. The predicted octanol–water partition coefficient (Wildman–Crippen LogP) is 4.05. The zero-order valence-corrected chi connectivity index (χ0v) is 15.5. The van der Waals surface area contributed by atoms with E-state index in [1.54, 1.807) is 43.4 Å². The molecule has 0 saturated heterocycles. The first-order valence-electron chi connectivity index (χ1n) is 8.64. The number of phenolic OH excluding ortho intramolecular Hbond substituents is 1. The summed E-state index contributed by atoms with van der Waals surface area (Å²) in [6.07, 6.45) is 2.85. The molecule has 1 N–H and O–H groups in total. The molecule has 0 radical (unpaired) electrons. The normalized spacial score (nSPS) is 10.7.